The predicted molar refractivity (Wildman–Crippen MR) is 80.1 cm³/mol. The van der Waals surface area contributed by atoms with Crippen molar-refractivity contribution in [3.05, 3.63) is 41.0 Å². The molecule has 0 aliphatic heterocycles. The summed E-state index contributed by atoms with van der Waals surface area (Å²) in [6, 6.07) is 8.46. The Labute approximate surface area is 115 Å². The first kappa shape index (κ1) is 12.1. The summed E-state index contributed by atoms with van der Waals surface area (Å²) in [5.74, 6) is 6.23. The van der Waals surface area contributed by atoms with Crippen LogP contribution >= 0.6 is 11.3 Å². The number of nitrogens with one attached hydrogen (secondary N) is 1. The number of fused-ring (bicyclic) bond motifs is 1. The van der Waals surface area contributed by atoms with Gasteiger partial charge in [0.25, 0.3) is 0 Å². The van der Waals surface area contributed by atoms with Crippen LogP contribution in [0.5, 0.6) is 0 Å². The lowest BCUT2D eigenvalue weighted by Crippen LogP contribution is -2.09. The molecule has 0 aliphatic rings. The van der Waals surface area contributed by atoms with E-state index in [2.05, 4.69) is 53.5 Å². The predicted octanol–water partition coefficient (Wildman–Crippen LogP) is 3.26. The van der Waals surface area contributed by atoms with Crippen LogP contribution in [-0.4, -0.2) is 9.97 Å². The van der Waals surface area contributed by atoms with E-state index >= 15 is 0 Å². The van der Waals surface area contributed by atoms with Gasteiger partial charge in [-0.3, -0.25) is 0 Å². The lowest BCUT2D eigenvalue weighted by molar-refractivity contribution is 1.19. The number of hydrazine groups is 1. The average molecular weight is 270 g/mol. The third-order valence-corrected chi connectivity index (χ3v) is 4.15. The molecule has 2 aromatic heterocycles. The van der Waals surface area contributed by atoms with Crippen molar-refractivity contribution in [3.63, 3.8) is 0 Å². The number of anilines is 1. The Bertz CT molecular complexity index is 731. The highest BCUT2D eigenvalue weighted by Gasteiger charge is 2.15. The highest BCUT2D eigenvalue weighted by molar-refractivity contribution is 7.19. The second kappa shape index (κ2) is 4.60. The molecule has 5 heteroatoms. The van der Waals surface area contributed by atoms with Gasteiger partial charge in [0.05, 0.1) is 5.39 Å². The third-order valence-electron chi connectivity index (χ3n) is 3.14. The second-order valence-electron chi connectivity index (χ2n) is 4.45. The Morgan fingerprint density at radius 2 is 1.84 bits per heavy atom. The Morgan fingerprint density at radius 1 is 1.11 bits per heavy atom. The van der Waals surface area contributed by atoms with Crippen LogP contribution in [-0.2, 0) is 0 Å². The molecule has 96 valence electrons. The van der Waals surface area contributed by atoms with Gasteiger partial charge in [-0.1, -0.05) is 29.8 Å². The van der Waals surface area contributed by atoms with E-state index in [0.717, 1.165) is 15.8 Å². The van der Waals surface area contributed by atoms with Crippen molar-refractivity contribution >= 4 is 27.4 Å². The quantitative estimate of drug-likeness (QED) is 0.554. The molecule has 0 atom stereocenters. The zero-order chi connectivity index (χ0) is 13.4. The maximum absolute atomic E-state index is 5.56. The minimum Gasteiger partial charge on any atom is -0.308 e. The van der Waals surface area contributed by atoms with Gasteiger partial charge >= 0.3 is 0 Å². The van der Waals surface area contributed by atoms with Gasteiger partial charge in [0.15, 0.2) is 5.82 Å². The first-order valence-corrected chi connectivity index (χ1v) is 6.80. The number of nitrogens with zero attached hydrogens (tertiary/aromatic N) is 2. The lowest BCUT2D eigenvalue weighted by atomic mass is 10.0. The topological polar surface area (TPSA) is 63.8 Å². The normalized spacial score (nSPS) is 10.9. The summed E-state index contributed by atoms with van der Waals surface area (Å²) in [5, 5.41) is 0.997. The molecule has 0 spiro atoms. The van der Waals surface area contributed by atoms with Gasteiger partial charge in [0.1, 0.15) is 11.2 Å². The van der Waals surface area contributed by atoms with Crippen molar-refractivity contribution in [2.45, 2.75) is 13.8 Å². The van der Waals surface area contributed by atoms with Crippen molar-refractivity contribution in [1.29, 1.82) is 0 Å². The van der Waals surface area contributed by atoms with Gasteiger partial charge in [0, 0.05) is 10.4 Å². The maximum Gasteiger partial charge on any atom is 0.152 e. The number of nitrogen functional groups attached to an aromatic ring is 1. The molecule has 0 saturated heterocycles. The van der Waals surface area contributed by atoms with Crippen molar-refractivity contribution in [3.8, 4) is 11.1 Å². The average Bonchev–Trinajstić information content (AvgIpc) is 2.75. The maximum atomic E-state index is 5.56. The Morgan fingerprint density at radius 3 is 2.53 bits per heavy atom. The molecule has 0 fully saturated rings. The standard InChI is InChI=1S/C14H14N4S/c1-8-3-5-10(6-4-8)11-9(2)19-14-12(11)13(18-15)16-7-17-14/h3-7H,15H2,1-2H3,(H,16,17,18). The monoisotopic (exact) mass is 270 g/mol. The molecule has 0 bridgehead atoms. The van der Waals surface area contributed by atoms with E-state index in [4.69, 9.17) is 5.84 Å². The number of rotatable bonds is 2. The van der Waals surface area contributed by atoms with E-state index in [1.54, 1.807) is 11.3 Å². The summed E-state index contributed by atoms with van der Waals surface area (Å²) in [4.78, 5) is 10.7. The number of nitrogens with two attached hydrogens (primary N) is 1. The molecule has 0 radical (unpaired) electrons. The lowest BCUT2D eigenvalue weighted by Gasteiger charge is -2.05. The van der Waals surface area contributed by atoms with Crippen LogP contribution in [0.15, 0.2) is 30.6 Å². The number of hydrogen-bond acceptors (Lipinski definition) is 5. The van der Waals surface area contributed by atoms with E-state index in [-0.39, 0.29) is 0 Å². The van der Waals surface area contributed by atoms with Crippen LogP contribution in [0.3, 0.4) is 0 Å². The Hall–Kier alpha value is -1.98. The molecule has 3 aromatic rings. The van der Waals surface area contributed by atoms with Crippen molar-refractivity contribution in [2.75, 3.05) is 5.43 Å². The zero-order valence-electron chi connectivity index (χ0n) is 10.8. The molecule has 4 nitrogen and oxygen atoms in total. The number of hydrogen-bond donors (Lipinski definition) is 2. The van der Waals surface area contributed by atoms with E-state index < -0.39 is 0 Å². The van der Waals surface area contributed by atoms with Crippen molar-refractivity contribution in [2.24, 2.45) is 5.84 Å². The van der Waals surface area contributed by atoms with Crippen LogP contribution in [0.25, 0.3) is 21.3 Å². The smallest absolute Gasteiger partial charge is 0.152 e. The van der Waals surface area contributed by atoms with Crippen molar-refractivity contribution < 1.29 is 0 Å². The number of aryl methyl sites for hydroxylation is 2. The SMILES string of the molecule is Cc1ccc(-c2c(C)sc3ncnc(NN)c23)cc1. The minimum atomic E-state index is 0.671. The highest BCUT2D eigenvalue weighted by Crippen LogP contribution is 2.39. The molecule has 1 aromatic carbocycles. The fourth-order valence-corrected chi connectivity index (χ4v) is 3.23. The minimum absolute atomic E-state index is 0.671. The Balaban J connectivity index is 2.33. The van der Waals surface area contributed by atoms with Crippen molar-refractivity contribution in [1.82, 2.24) is 9.97 Å². The summed E-state index contributed by atoms with van der Waals surface area (Å²) in [7, 11) is 0. The zero-order valence-corrected chi connectivity index (χ0v) is 11.6. The number of thiophene rings is 1. The summed E-state index contributed by atoms with van der Waals surface area (Å²) in [6.45, 7) is 4.18. The second-order valence-corrected chi connectivity index (χ2v) is 5.65. The van der Waals surface area contributed by atoms with Gasteiger partial charge < -0.3 is 5.43 Å². The van der Waals surface area contributed by atoms with Gasteiger partial charge in [-0.2, -0.15) is 0 Å². The molecular formula is C14H14N4S. The summed E-state index contributed by atoms with van der Waals surface area (Å²) >= 11 is 1.66. The number of aromatic nitrogens is 2. The van der Waals surface area contributed by atoms with E-state index in [0.29, 0.717) is 5.82 Å². The molecule has 3 rings (SSSR count). The van der Waals surface area contributed by atoms with Crippen LogP contribution in [0.1, 0.15) is 10.4 Å². The third kappa shape index (κ3) is 1.97. The van der Waals surface area contributed by atoms with Gasteiger partial charge in [0.2, 0.25) is 0 Å². The van der Waals surface area contributed by atoms with Crippen LogP contribution < -0.4 is 11.3 Å². The fraction of sp³-hybridized carbons (Fsp3) is 0.143. The van der Waals surface area contributed by atoms with E-state index in [1.165, 1.54) is 22.3 Å². The largest absolute Gasteiger partial charge is 0.308 e. The molecule has 0 unspecified atom stereocenters. The molecule has 0 amide bonds. The molecule has 0 saturated carbocycles. The summed E-state index contributed by atoms with van der Waals surface area (Å²) < 4.78 is 0. The van der Waals surface area contributed by atoms with Gasteiger partial charge in [-0.15, -0.1) is 11.3 Å². The molecule has 3 N–H and O–H groups in total. The number of benzene rings is 1. The fourth-order valence-electron chi connectivity index (χ4n) is 2.22. The first-order valence-electron chi connectivity index (χ1n) is 5.98. The highest BCUT2D eigenvalue weighted by atomic mass is 32.1. The molecule has 2 heterocycles. The molecule has 0 aliphatic carbocycles. The van der Waals surface area contributed by atoms with Gasteiger partial charge in [-0.25, -0.2) is 15.8 Å². The molecular weight excluding hydrogens is 256 g/mol. The van der Waals surface area contributed by atoms with Crippen LogP contribution in [0.2, 0.25) is 0 Å². The van der Waals surface area contributed by atoms with Crippen LogP contribution in [0.4, 0.5) is 5.82 Å². The van der Waals surface area contributed by atoms with E-state index in [1.807, 2.05) is 0 Å². The van der Waals surface area contributed by atoms with E-state index in [9.17, 15) is 0 Å². The Kier molecular flexibility index (Phi) is 2.93. The molecule has 19 heavy (non-hydrogen) atoms. The summed E-state index contributed by atoms with van der Waals surface area (Å²) in [6.07, 6.45) is 1.53. The van der Waals surface area contributed by atoms with Gasteiger partial charge in [-0.05, 0) is 19.4 Å². The van der Waals surface area contributed by atoms with Crippen LogP contribution in [0, 0.1) is 13.8 Å². The first-order chi connectivity index (χ1) is 9.20. The summed E-state index contributed by atoms with van der Waals surface area (Å²) in [5.41, 5.74) is 6.23.